The number of ether oxygens (including phenoxy) is 3. The van der Waals surface area contributed by atoms with Gasteiger partial charge in [0.15, 0.2) is 23.1 Å². The van der Waals surface area contributed by atoms with Crippen LogP contribution in [0, 0.1) is 5.92 Å². The van der Waals surface area contributed by atoms with Gasteiger partial charge in [-0.3, -0.25) is 14.4 Å². The van der Waals surface area contributed by atoms with Gasteiger partial charge in [0.05, 0.1) is 33.3 Å². The monoisotopic (exact) mass is 586 g/mol. The van der Waals surface area contributed by atoms with Crippen molar-refractivity contribution < 1.29 is 28.6 Å². The standard InChI is InChI=1S/C36H30N2O6/c1-42-24-16-12-22(13-17-24)32(39)31-28-18-14-21-8-4-7-11-27(21)38(28)34(33(40)23-15-19-29(43-2)30(20-23)44-3)36(31)25-9-5-6-10-26(25)37-35(36)41/h4-20,28,31,34H,1-3H3,(H,37,41)/t28-,31+,34-,36-/m0/s1. The van der Waals surface area contributed by atoms with Gasteiger partial charge in [-0.1, -0.05) is 48.6 Å². The lowest BCUT2D eigenvalue weighted by atomic mass is 9.63. The summed E-state index contributed by atoms with van der Waals surface area (Å²) in [4.78, 5) is 46.4. The van der Waals surface area contributed by atoms with Crippen molar-refractivity contribution in [3.8, 4) is 17.2 Å². The van der Waals surface area contributed by atoms with Crippen LogP contribution in [0.5, 0.6) is 17.2 Å². The van der Waals surface area contributed by atoms with Gasteiger partial charge >= 0.3 is 0 Å². The maximum Gasteiger partial charge on any atom is 0.238 e. The Morgan fingerprint density at radius 1 is 0.773 bits per heavy atom. The number of hydrogen-bond donors (Lipinski definition) is 1. The van der Waals surface area contributed by atoms with Gasteiger partial charge in [0.1, 0.15) is 17.2 Å². The molecule has 0 unspecified atom stereocenters. The number of nitrogens with zero attached hydrogens (tertiary/aromatic N) is 1. The van der Waals surface area contributed by atoms with Gasteiger partial charge in [-0.05, 0) is 65.7 Å². The van der Waals surface area contributed by atoms with Gasteiger partial charge in [0.25, 0.3) is 0 Å². The van der Waals surface area contributed by atoms with Gasteiger partial charge in [-0.2, -0.15) is 0 Å². The fourth-order valence-corrected chi connectivity index (χ4v) is 7.22. The highest BCUT2D eigenvalue weighted by molar-refractivity contribution is 6.20. The Hall–Kier alpha value is -5.37. The van der Waals surface area contributed by atoms with E-state index in [0.29, 0.717) is 39.6 Å². The van der Waals surface area contributed by atoms with E-state index in [2.05, 4.69) is 5.32 Å². The minimum atomic E-state index is -1.55. The van der Waals surface area contributed by atoms with Crippen LogP contribution in [0.4, 0.5) is 11.4 Å². The van der Waals surface area contributed by atoms with Crippen LogP contribution in [0.3, 0.4) is 0 Å². The van der Waals surface area contributed by atoms with E-state index in [1.165, 1.54) is 14.2 Å². The van der Waals surface area contributed by atoms with E-state index in [4.69, 9.17) is 14.2 Å². The Balaban J connectivity index is 1.51. The normalized spacial score (nSPS) is 22.6. The number of nitrogens with one attached hydrogen (secondary N) is 1. The van der Waals surface area contributed by atoms with Crippen molar-refractivity contribution in [3.05, 3.63) is 119 Å². The summed E-state index contributed by atoms with van der Waals surface area (Å²) in [5.41, 5.74) is 2.10. The predicted octanol–water partition coefficient (Wildman–Crippen LogP) is 5.57. The summed E-state index contributed by atoms with van der Waals surface area (Å²) < 4.78 is 16.3. The molecule has 3 aliphatic rings. The molecular formula is C36H30N2O6. The molecule has 4 aromatic carbocycles. The van der Waals surface area contributed by atoms with E-state index in [9.17, 15) is 9.59 Å². The van der Waals surface area contributed by atoms with Crippen LogP contribution in [0.15, 0.2) is 97.1 Å². The maximum absolute atomic E-state index is 15.0. The molecule has 220 valence electrons. The Labute approximate surface area is 254 Å². The maximum atomic E-state index is 15.0. The third-order valence-corrected chi connectivity index (χ3v) is 9.12. The molecule has 0 radical (unpaired) electrons. The minimum absolute atomic E-state index is 0.235. The van der Waals surface area contributed by atoms with Crippen molar-refractivity contribution in [1.82, 2.24) is 0 Å². The van der Waals surface area contributed by atoms with Gasteiger partial charge in [-0.15, -0.1) is 0 Å². The zero-order valence-corrected chi connectivity index (χ0v) is 24.4. The van der Waals surface area contributed by atoms with Gasteiger partial charge < -0.3 is 24.4 Å². The predicted molar refractivity (Wildman–Crippen MR) is 167 cm³/mol. The van der Waals surface area contributed by atoms with Crippen LogP contribution in [0.2, 0.25) is 0 Å². The fourth-order valence-electron chi connectivity index (χ4n) is 7.22. The molecule has 8 nitrogen and oxygen atoms in total. The Morgan fingerprint density at radius 2 is 1.48 bits per heavy atom. The van der Waals surface area contributed by atoms with E-state index < -0.39 is 23.4 Å². The topological polar surface area (TPSA) is 94.2 Å². The molecule has 0 aliphatic carbocycles. The van der Waals surface area contributed by atoms with Crippen LogP contribution in [-0.4, -0.2) is 50.9 Å². The molecule has 1 saturated heterocycles. The Morgan fingerprint density at radius 3 is 2.23 bits per heavy atom. The highest BCUT2D eigenvalue weighted by Gasteiger charge is 2.71. The number of carbonyl (C=O) groups excluding carboxylic acids is 3. The molecule has 1 spiro atoms. The number of carbonyl (C=O) groups is 3. The number of ketones is 2. The number of amides is 1. The molecule has 3 aliphatic heterocycles. The van der Waals surface area contributed by atoms with Gasteiger partial charge in [-0.25, -0.2) is 0 Å². The number of fused-ring (bicyclic) bond motifs is 5. The number of benzene rings is 4. The summed E-state index contributed by atoms with van der Waals surface area (Å²) in [6, 6.07) is 25.3. The number of methoxy groups -OCH3 is 3. The molecule has 8 heteroatoms. The average molecular weight is 587 g/mol. The summed E-state index contributed by atoms with van der Waals surface area (Å²) in [6.45, 7) is 0. The summed E-state index contributed by atoms with van der Waals surface area (Å²) in [5, 5.41) is 3.04. The number of hydrogen-bond acceptors (Lipinski definition) is 7. The zero-order valence-electron chi connectivity index (χ0n) is 24.4. The molecule has 1 amide bonds. The molecule has 0 saturated carbocycles. The highest BCUT2D eigenvalue weighted by atomic mass is 16.5. The van der Waals surface area contributed by atoms with E-state index >= 15 is 4.79 Å². The van der Waals surface area contributed by atoms with E-state index in [-0.39, 0.29) is 17.5 Å². The third kappa shape index (κ3) is 3.80. The largest absolute Gasteiger partial charge is 0.497 e. The summed E-state index contributed by atoms with van der Waals surface area (Å²) in [6.07, 6.45) is 3.92. The summed E-state index contributed by atoms with van der Waals surface area (Å²) in [5.74, 6) is -0.378. The fraction of sp³-hybridized carbons (Fsp3) is 0.194. The first-order valence-corrected chi connectivity index (χ1v) is 14.3. The first kappa shape index (κ1) is 27.5. The number of rotatable bonds is 7. The van der Waals surface area contributed by atoms with E-state index in [1.807, 2.05) is 65.6 Å². The van der Waals surface area contributed by atoms with Crippen molar-refractivity contribution in [2.24, 2.45) is 5.92 Å². The quantitative estimate of drug-likeness (QED) is 0.283. The summed E-state index contributed by atoms with van der Waals surface area (Å²) in [7, 11) is 4.60. The smallest absolute Gasteiger partial charge is 0.238 e. The lowest BCUT2D eigenvalue weighted by molar-refractivity contribution is -0.121. The SMILES string of the molecule is COc1ccc(C(=O)[C@H]2[C@@H]3C=Cc4ccccc4N3[C@@H](C(=O)c3ccc(OC)c(OC)c3)[C@@]23C(=O)Nc2ccccc23)cc1. The Bertz CT molecular complexity index is 1850. The number of Topliss-reactive ketones (excluding diaryl/α,β-unsaturated/α-hetero) is 2. The molecule has 7 rings (SSSR count). The molecule has 44 heavy (non-hydrogen) atoms. The zero-order chi connectivity index (χ0) is 30.6. The van der Waals surface area contributed by atoms with Gasteiger partial charge in [0, 0.05) is 22.5 Å². The lowest BCUT2D eigenvalue weighted by Crippen LogP contribution is -2.55. The van der Waals surface area contributed by atoms with Crippen molar-refractivity contribution in [2.45, 2.75) is 17.5 Å². The summed E-state index contributed by atoms with van der Waals surface area (Å²) >= 11 is 0. The second-order valence-electron chi connectivity index (χ2n) is 11.1. The number of para-hydroxylation sites is 2. The van der Waals surface area contributed by atoms with Crippen LogP contribution in [0.1, 0.15) is 31.8 Å². The van der Waals surface area contributed by atoms with Crippen LogP contribution in [-0.2, 0) is 10.2 Å². The first-order chi connectivity index (χ1) is 21.4. The second-order valence-corrected chi connectivity index (χ2v) is 11.1. The van der Waals surface area contributed by atoms with Crippen molar-refractivity contribution in [3.63, 3.8) is 0 Å². The first-order valence-electron chi connectivity index (χ1n) is 14.3. The number of anilines is 2. The van der Waals surface area contributed by atoms with Crippen molar-refractivity contribution in [2.75, 3.05) is 31.5 Å². The highest BCUT2D eigenvalue weighted by Crippen LogP contribution is 2.58. The molecule has 0 aromatic heterocycles. The third-order valence-electron chi connectivity index (χ3n) is 9.12. The second kappa shape index (κ2) is 10.4. The van der Waals surface area contributed by atoms with E-state index in [0.717, 1.165) is 11.3 Å². The van der Waals surface area contributed by atoms with E-state index in [1.54, 1.807) is 49.6 Å². The molecule has 1 N–H and O–H groups in total. The van der Waals surface area contributed by atoms with Crippen molar-refractivity contribution >= 4 is 34.9 Å². The molecule has 1 fully saturated rings. The van der Waals surface area contributed by atoms with Crippen LogP contribution >= 0.6 is 0 Å². The Kier molecular flexibility index (Phi) is 6.50. The molecule has 4 atom stereocenters. The van der Waals surface area contributed by atoms with Crippen molar-refractivity contribution in [1.29, 1.82) is 0 Å². The molecular weight excluding hydrogens is 556 g/mol. The molecule has 0 bridgehead atoms. The van der Waals surface area contributed by atoms with Crippen LogP contribution in [0.25, 0.3) is 6.08 Å². The minimum Gasteiger partial charge on any atom is -0.497 e. The molecule has 4 aromatic rings. The average Bonchev–Trinajstić information content (AvgIpc) is 3.55. The molecule has 3 heterocycles. The van der Waals surface area contributed by atoms with Crippen LogP contribution < -0.4 is 24.4 Å². The van der Waals surface area contributed by atoms with Gasteiger partial charge in [0.2, 0.25) is 5.91 Å². The lowest BCUT2D eigenvalue weighted by Gasteiger charge is -2.37.